The van der Waals surface area contributed by atoms with E-state index in [4.69, 9.17) is 0 Å². The molecule has 0 bridgehead atoms. The van der Waals surface area contributed by atoms with Crippen molar-refractivity contribution >= 4 is 16.2 Å². The first kappa shape index (κ1) is 6.82. The van der Waals surface area contributed by atoms with E-state index in [1.165, 1.54) is 0 Å². The predicted octanol–water partition coefficient (Wildman–Crippen LogP) is 1.45. The number of rotatable bonds is 1. The third-order valence-corrected chi connectivity index (χ3v) is 2.51. The van der Waals surface area contributed by atoms with E-state index in [1.807, 2.05) is 9.78 Å². The summed E-state index contributed by atoms with van der Waals surface area (Å²) in [5.41, 5.74) is 0.905. The van der Waals surface area contributed by atoms with Gasteiger partial charge in [-0.05, 0) is 6.92 Å². The molecule has 0 saturated carbocycles. The van der Waals surface area contributed by atoms with Crippen molar-refractivity contribution < 1.29 is 5.11 Å². The molecule has 0 radical (unpaired) electrons. The van der Waals surface area contributed by atoms with Gasteiger partial charge in [0.2, 0.25) is 0 Å². The van der Waals surface area contributed by atoms with Gasteiger partial charge in [-0.15, -0.1) is 11.3 Å². The minimum atomic E-state index is -0.419. The van der Waals surface area contributed by atoms with Crippen LogP contribution in [0.15, 0.2) is 17.9 Å². The Hall–Kier alpha value is -0.870. The van der Waals surface area contributed by atoms with E-state index in [9.17, 15) is 5.11 Å². The van der Waals surface area contributed by atoms with Crippen molar-refractivity contribution in [1.29, 1.82) is 0 Å². The Morgan fingerprint density at radius 2 is 2.55 bits per heavy atom. The summed E-state index contributed by atoms with van der Waals surface area (Å²) in [5, 5.41) is 11.2. The van der Waals surface area contributed by atoms with Gasteiger partial charge in [-0.25, -0.2) is 4.98 Å². The summed E-state index contributed by atoms with van der Waals surface area (Å²) in [6.45, 7) is 1.75. The Labute approximate surface area is 67.9 Å². The highest BCUT2D eigenvalue weighted by atomic mass is 32.1. The van der Waals surface area contributed by atoms with Gasteiger partial charge in [-0.2, -0.15) is 0 Å². The zero-order chi connectivity index (χ0) is 7.84. The monoisotopic (exact) mass is 168 g/mol. The van der Waals surface area contributed by atoms with Crippen molar-refractivity contribution in [3.05, 3.63) is 23.6 Å². The first-order chi connectivity index (χ1) is 5.29. The average molecular weight is 168 g/mol. The average Bonchev–Trinajstić information content (AvgIpc) is 2.41. The van der Waals surface area contributed by atoms with Crippen LogP contribution < -0.4 is 0 Å². The van der Waals surface area contributed by atoms with Crippen LogP contribution in [0.5, 0.6) is 0 Å². The summed E-state index contributed by atoms with van der Waals surface area (Å²) in [6, 6.07) is 0. The summed E-state index contributed by atoms with van der Waals surface area (Å²) in [7, 11) is 0. The fraction of sp³-hybridized carbons (Fsp3) is 0.286. The quantitative estimate of drug-likeness (QED) is 0.699. The van der Waals surface area contributed by atoms with Crippen LogP contribution in [-0.2, 0) is 0 Å². The highest BCUT2D eigenvalue weighted by Crippen LogP contribution is 2.20. The highest BCUT2D eigenvalue weighted by molar-refractivity contribution is 7.15. The number of aromatic nitrogens is 2. The lowest BCUT2D eigenvalue weighted by atomic mass is 10.3. The molecule has 0 saturated heterocycles. The van der Waals surface area contributed by atoms with Gasteiger partial charge < -0.3 is 5.11 Å². The molecular formula is C7H8N2OS. The lowest BCUT2D eigenvalue weighted by Gasteiger charge is -1.99. The fourth-order valence-electron chi connectivity index (χ4n) is 1.04. The molecule has 1 N–H and O–H groups in total. The summed E-state index contributed by atoms with van der Waals surface area (Å²) < 4.78 is 1.90. The molecule has 58 valence electrons. The van der Waals surface area contributed by atoms with E-state index in [0.717, 1.165) is 10.5 Å². The Morgan fingerprint density at radius 3 is 3.27 bits per heavy atom. The van der Waals surface area contributed by atoms with Crippen LogP contribution in [0.25, 0.3) is 4.83 Å². The molecule has 2 heterocycles. The van der Waals surface area contributed by atoms with Gasteiger partial charge >= 0.3 is 0 Å². The number of hydrogen-bond acceptors (Lipinski definition) is 3. The molecule has 1 unspecified atom stereocenters. The molecule has 0 aliphatic rings. The Balaban J connectivity index is 2.68. The molecule has 0 spiro atoms. The summed E-state index contributed by atoms with van der Waals surface area (Å²) in [5.74, 6) is 0. The summed E-state index contributed by atoms with van der Waals surface area (Å²) >= 11 is 1.59. The number of thiazole rings is 1. The van der Waals surface area contributed by atoms with Crippen LogP contribution >= 0.6 is 11.3 Å². The Bertz CT molecular complexity index is 363. The second kappa shape index (κ2) is 2.32. The molecule has 2 aromatic heterocycles. The van der Waals surface area contributed by atoms with E-state index in [-0.39, 0.29) is 0 Å². The van der Waals surface area contributed by atoms with Crippen LogP contribution in [0.4, 0.5) is 0 Å². The molecule has 0 aliphatic heterocycles. The third-order valence-electron chi connectivity index (χ3n) is 1.61. The zero-order valence-electron chi connectivity index (χ0n) is 6.06. The lowest BCUT2D eigenvalue weighted by Crippen LogP contribution is -1.94. The van der Waals surface area contributed by atoms with E-state index >= 15 is 0 Å². The standard InChI is InChI=1S/C7H8N2OS/c1-5(10)6-3-11-7-2-8-4-9(6)7/h2-5,10H,1H3. The molecule has 2 aromatic rings. The number of aliphatic hydroxyl groups excluding tert-OH is 1. The number of hydrogen-bond donors (Lipinski definition) is 1. The fourth-order valence-corrected chi connectivity index (χ4v) is 1.98. The highest BCUT2D eigenvalue weighted by Gasteiger charge is 2.07. The van der Waals surface area contributed by atoms with Crippen LogP contribution in [0, 0.1) is 0 Å². The van der Waals surface area contributed by atoms with Crippen molar-refractivity contribution in [2.24, 2.45) is 0 Å². The third kappa shape index (κ3) is 0.948. The first-order valence-corrected chi connectivity index (χ1v) is 4.24. The molecule has 1 atom stereocenters. The van der Waals surface area contributed by atoms with Gasteiger partial charge in [0.25, 0.3) is 0 Å². The van der Waals surface area contributed by atoms with Gasteiger partial charge in [-0.1, -0.05) is 0 Å². The van der Waals surface area contributed by atoms with E-state index in [0.29, 0.717) is 0 Å². The van der Waals surface area contributed by atoms with E-state index in [1.54, 1.807) is 30.8 Å². The van der Waals surface area contributed by atoms with Crippen molar-refractivity contribution in [3.63, 3.8) is 0 Å². The molecule has 0 aromatic carbocycles. The second-order valence-corrected chi connectivity index (χ2v) is 3.33. The number of aliphatic hydroxyl groups is 1. The van der Waals surface area contributed by atoms with Gasteiger partial charge in [0.15, 0.2) is 0 Å². The van der Waals surface area contributed by atoms with Crippen LogP contribution in [-0.4, -0.2) is 14.5 Å². The maximum absolute atomic E-state index is 9.29. The minimum Gasteiger partial charge on any atom is -0.387 e. The van der Waals surface area contributed by atoms with Crippen LogP contribution in [0.2, 0.25) is 0 Å². The number of nitrogens with zero attached hydrogens (tertiary/aromatic N) is 2. The van der Waals surface area contributed by atoms with Crippen molar-refractivity contribution in [2.75, 3.05) is 0 Å². The maximum Gasteiger partial charge on any atom is 0.119 e. The summed E-state index contributed by atoms with van der Waals surface area (Å²) in [4.78, 5) is 5.04. The van der Waals surface area contributed by atoms with E-state index in [2.05, 4.69) is 4.98 Å². The largest absolute Gasteiger partial charge is 0.387 e. The van der Waals surface area contributed by atoms with Gasteiger partial charge in [0.05, 0.1) is 18.0 Å². The smallest absolute Gasteiger partial charge is 0.119 e. The minimum absolute atomic E-state index is 0.419. The molecular weight excluding hydrogens is 160 g/mol. The zero-order valence-corrected chi connectivity index (χ0v) is 6.88. The molecule has 11 heavy (non-hydrogen) atoms. The number of imidazole rings is 1. The van der Waals surface area contributed by atoms with Gasteiger partial charge in [-0.3, -0.25) is 4.40 Å². The molecule has 4 heteroatoms. The Kier molecular flexibility index (Phi) is 1.44. The van der Waals surface area contributed by atoms with E-state index < -0.39 is 6.10 Å². The molecule has 0 fully saturated rings. The molecule has 2 rings (SSSR count). The normalized spacial score (nSPS) is 14.0. The van der Waals surface area contributed by atoms with Crippen molar-refractivity contribution in [1.82, 2.24) is 9.38 Å². The van der Waals surface area contributed by atoms with Crippen LogP contribution in [0.1, 0.15) is 18.7 Å². The van der Waals surface area contributed by atoms with Gasteiger partial charge in [0.1, 0.15) is 11.2 Å². The topological polar surface area (TPSA) is 37.5 Å². The molecule has 0 aliphatic carbocycles. The van der Waals surface area contributed by atoms with Gasteiger partial charge in [0, 0.05) is 5.38 Å². The SMILES string of the molecule is CC(O)c1csc2cncn12. The number of fused-ring (bicyclic) bond motifs is 1. The predicted molar refractivity (Wildman–Crippen MR) is 43.7 cm³/mol. The second-order valence-electron chi connectivity index (χ2n) is 2.44. The molecule has 3 nitrogen and oxygen atoms in total. The van der Waals surface area contributed by atoms with Crippen molar-refractivity contribution in [2.45, 2.75) is 13.0 Å². The maximum atomic E-state index is 9.29. The lowest BCUT2D eigenvalue weighted by molar-refractivity contribution is 0.193. The Morgan fingerprint density at radius 1 is 1.73 bits per heavy atom. The first-order valence-electron chi connectivity index (χ1n) is 3.36. The molecule has 0 amide bonds. The van der Waals surface area contributed by atoms with Crippen LogP contribution in [0.3, 0.4) is 0 Å². The summed E-state index contributed by atoms with van der Waals surface area (Å²) in [6.07, 6.45) is 3.09. The van der Waals surface area contributed by atoms with Crippen molar-refractivity contribution in [3.8, 4) is 0 Å².